The number of carbonyl (C=O) groups excluding carboxylic acids is 2. The van der Waals surface area contributed by atoms with Gasteiger partial charge in [-0.25, -0.2) is 0 Å². The van der Waals surface area contributed by atoms with Crippen LogP contribution < -0.4 is 16.6 Å². The number of hydrogen-bond donors (Lipinski definition) is 3. The molecule has 0 aliphatic heterocycles. The van der Waals surface area contributed by atoms with Crippen LogP contribution in [0.25, 0.3) is 10.7 Å². The van der Waals surface area contributed by atoms with E-state index in [0.717, 1.165) is 22.6 Å². The Hall–Kier alpha value is -3.27. The van der Waals surface area contributed by atoms with Crippen LogP contribution in [0.4, 0.5) is 0 Å². The fourth-order valence-corrected chi connectivity index (χ4v) is 4.07. The van der Waals surface area contributed by atoms with Crippen molar-refractivity contribution in [1.29, 1.82) is 0 Å². The molecule has 0 spiro atoms. The molecule has 3 heterocycles. The Morgan fingerprint density at radius 1 is 1.41 bits per heavy atom. The van der Waals surface area contributed by atoms with Gasteiger partial charge in [0, 0.05) is 18.5 Å². The molecule has 9 nitrogen and oxygen atoms in total. The van der Waals surface area contributed by atoms with Gasteiger partial charge in [0.25, 0.3) is 11.5 Å². The van der Waals surface area contributed by atoms with E-state index in [1.54, 1.807) is 0 Å². The highest BCUT2D eigenvalue weighted by molar-refractivity contribution is 7.13. The Morgan fingerprint density at radius 2 is 2.28 bits per heavy atom. The smallest absolute Gasteiger partial charge is 0.261 e. The molecule has 0 saturated carbocycles. The third-order valence-corrected chi connectivity index (χ3v) is 5.69. The largest absolute Gasteiger partial charge is 0.365 e. The second-order valence-corrected chi connectivity index (χ2v) is 7.76. The maximum absolute atomic E-state index is 12.5. The topological polar surface area (TPSA) is 144 Å². The minimum atomic E-state index is -0.789. The fraction of sp³-hybridized carbons (Fsp3) is 0.316. The zero-order chi connectivity index (χ0) is 20.4. The quantitative estimate of drug-likeness (QED) is 0.561. The number of aromatic amines is 1. The van der Waals surface area contributed by atoms with Crippen LogP contribution in [0.5, 0.6) is 0 Å². The number of nitrogens with one attached hydrogen (secondary N) is 2. The molecule has 2 amide bonds. The summed E-state index contributed by atoms with van der Waals surface area (Å²) in [6, 6.07) is 5.01. The number of nitrogens with zero attached hydrogens (tertiary/aromatic N) is 2. The number of aromatic nitrogens is 3. The number of aryl methyl sites for hydroxylation is 2. The molecule has 3 aromatic rings. The number of carbonyl (C=O) groups is 2. The molecule has 1 aliphatic carbocycles. The van der Waals surface area contributed by atoms with E-state index < -0.39 is 11.5 Å². The van der Waals surface area contributed by atoms with E-state index in [4.69, 9.17) is 10.3 Å². The number of nitrogens with two attached hydrogens (primary N) is 1. The second-order valence-electron chi connectivity index (χ2n) is 6.81. The highest BCUT2D eigenvalue weighted by Crippen LogP contribution is 2.28. The van der Waals surface area contributed by atoms with Crippen LogP contribution in [0.2, 0.25) is 0 Å². The normalized spacial score (nSPS) is 15.7. The summed E-state index contributed by atoms with van der Waals surface area (Å²) in [5.41, 5.74) is 6.14. The first-order valence-electron chi connectivity index (χ1n) is 9.23. The lowest BCUT2D eigenvalue weighted by atomic mass is 9.90. The average Bonchev–Trinajstić information content (AvgIpc) is 3.37. The number of fused-ring (bicyclic) bond motifs is 1. The lowest BCUT2D eigenvalue weighted by Crippen LogP contribution is -2.34. The molecule has 1 atom stereocenters. The van der Waals surface area contributed by atoms with Crippen LogP contribution in [0.1, 0.15) is 52.8 Å². The predicted octanol–water partition coefficient (Wildman–Crippen LogP) is 1.71. The van der Waals surface area contributed by atoms with Gasteiger partial charge in [-0.1, -0.05) is 11.2 Å². The van der Waals surface area contributed by atoms with E-state index in [0.29, 0.717) is 31.0 Å². The zero-order valence-electron chi connectivity index (χ0n) is 15.4. The molecule has 10 heteroatoms. The van der Waals surface area contributed by atoms with Gasteiger partial charge >= 0.3 is 0 Å². The summed E-state index contributed by atoms with van der Waals surface area (Å²) in [4.78, 5) is 43.8. The number of rotatable bonds is 6. The molecule has 0 bridgehead atoms. The first-order chi connectivity index (χ1) is 14.0. The summed E-state index contributed by atoms with van der Waals surface area (Å²) in [6.07, 6.45) is 2.72. The van der Waals surface area contributed by atoms with Crippen molar-refractivity contribution in [2.75, 3.05) is 0 Å². The van der Waals surface area contributed by atoms with Gasteiger partial charge in [-0.15, -0.1) is 11.3 Å². The molecule has 29 heavy (non-hydrogen) atoms. The second kappa shape index (κ2) is 8.00. The van der Waals surface area contributed by atoms with E-state index in [-0.39, 0.29) is 23.9 Å². The number of H-pyrrole nitrogens is 1. The number of primary amides is 1. The Kier molecular flexibility index (Phi) is 5.26. The maximum atomic E-state index is 12.5. The van der Waals surface area contributed by atoms with Crippen molar-refractivity contribution in [3.05, 3.63) is 56.6 Å². The van der Waals surface area contributed by atoms with Crippen molar-refractivity contribution in [2.24, 2.45) is 5.73 Å². The van der Waals surface area contributed by atoms with Crippen LogP contribution in [-0.4, -0.2) is 26.9 Å². The van der Waals surface area contributed by atoms with E-state index >= 15 is 0 Å². The number of hydrogen-bond acceptors (Lipinski definition) is 7. The highest BCUT2D eigenvalue weighted by atomic mass is 32.1. The van der Waals surface area contributed by atoms with Crippen molar-refractivity contribution in [3.8, 4) is 10.7 Å². The summed E-state index contributed by atoms with van der Waals surface area (Å²) in [5.74, 6) is -0.0549. The Bertz CT molecular complexity index is 1100. The van der Waals surface area contributed by atoms with Crippen LogP contribution in [0.3, 0.4) is 0 Å². The van der Waals surface area contributed by atoms with Crippen molar-refractivity contribution >= 4 is 23.2 Å². The monoisotopic (exact) mass is 413 g/mol. The third-order valence-electron chi connectivity index (χ3n) is 4.83. The molecular formula is C19H19N5O4S. The lowest BCUT2D eigenvalue weighted by molar-refractivity contribution is -0.122. The van der Waals surface area contributed by atoms with Gasteiger partial charge in [-0.3, -0.25) is 14.4 Å². The first kappa shape index (κ1) is 19.1. The summed E-state index contributed by atoms with van der Waals surface area (Å²) in [6.45, 7) is 0. The van der Waals surface area contributed by atoms with E-state index in [2.05, 4.69) is 20.4 Å². The van der Waals surface area contributed by atoms with E-state index in [1.165, 1.54) is 17.4 Å². The Balaban J connectivity index is 1.41. The van der Waals surface area contributed by atoms with Crippen LogP contribution in [-0.2, 0) is 17.6 Å². The van der Waals surface area contributed by atoms with E-state index in [9.17, 15) is 14.4 Å². The zero-order valence-corrected chi connectivity index (χ0v) is 16.3. The van der Waals surface area contributed by atoms with Crippen molar-refractivity contribution in [3.63, 3.8) is 0 Å². The molecular weight excluding hydrogens is 394 g/mol. The van der Waals surface area contributed by atoms with Crippen molar-refractivity contribution < 1.29 is 14.1 Å². The summed E-state index contributed by atoms with van der Waals surface area (Å²) >= 11 is 1.51. The SMILES string of the molecule is NC(=O)c1cc2c([nH]c1=O)CCCC2NC(=O)CCc1nc(-c2cccs2)no1. The molecule has 0 aromatic carbocycles. The van der Waals surface area contributed by atoms with Crippen molar-refractivity contribution in [2.45, 2.75) is 38.1 Å². The van der Waals surface area contributed by atoms with Gasteiger partial charge < -0.3 is 20.6 Å². The molecule has 4 N–H and O–H groups in total. The van der Waals surface area contributed by atoms with Crippen LogP contribution >= 0.6 is 11.3 Å². The Labute approximate surface area is 169 Å². The minimum absolute atomic E-state index is 0.100. The van der Waals surface area contributed by atoms with Crippen LogP contribution in [0, 0.1) is 0 Å². The summed E-state index contributed by atoms with van der Waals surface area (Å²) < 4.78 is 5.21. The lowest BCUT2D eigenvalue weighted by Gasteiger charge is -2.26. The molecule has 3 aromatic heterocycles. The van der Waals surface area contributed by atoms with Gasteiger partial charge in [0.05, 0.1) is 10.9 Å². The third kappa shape index (κ3) is 4.11. The molecule has 1 aliphatic rings. The van der Waals surface area contributed by atoms with Gasteiger partial charge in [0.15, 0.2) is 0 Å². The van der Waals surface area contributed by atoms with Gasteiger partial charge in [-0.2, -0.15) is 4.98 Å². The number of pyridine rings is 1. The molecule has 150 valence electrons. The molecule has 4 rings (SSSR count). The van der Waals surface area contributed by atoms with Gasteiger partial charge in [-0.05, 0) is 42.3 Å². The fourth-order valence-electron chi connectivity index (χ4n) is 3.42. The van der Waals surface area contributed by atoms with Gasteiger partial charge in [0.2, 0.25) is 17.6 Å². The number of amides is 2. The molecule has 0 saturated heterocycles. The van der Waals surface area contributed by atoms with E-state index in [1.807, 2.05) is 17.5 Å². The standard InChI is InChI=1S/C19H19N5O4S/c20-17(26)11-9-10-12(3-1-4-13(10)22-19(11)27)21-15(25)6-7-16-23-18(24-28-16)14-5-2-8-29-14/h2,5,8-9,12H,1,3-4,6-7H2,(H2,20,26)(H,21,25)(H,22,27). The number of thiophene rings is 1. The Morgan fingerprint density at radius 3 is 3.03 bits per heavy atom. The van der Waals surface area contributed by atoms with Crippen LogP contribution in [0.15, 0.2) is 32.9 Å². The highest BCUT2D eigenvalue weighted by Gasteiger charge is 2.25. The van der Waals surface area contributed by atoms with Gasteiger partial charge in [0.1, 0.15) is 5.56 Å². The molecule has 0 radical (unpaired) electrons. The van der Waals surface area contributed by atoms with Crippen molar-refractivity contribution in [1.82, 2.24) is 20.4 Å². The summed E-state index contributed by atoms with van der Waals surface area (Å²) in [7, 11) is 0. The summed E-state index contributed by atoms with van der Waals surface area (Å²) in [5, 5.41) is 8.82. The predicted molar refractivity (Wildman–Crippen MR) is 105 cm³/mol. The maximum Gasteiger partial charge on any atom is 0.261 e. The minimum Gasteiger partial charge on any atom is -0.365 e. The average molecular weight is 413 g/mol. The first-order valence-corrected chi connectivity index (χ1v) is 10.1. The molecule has 1 unspecified atom stereocenters. The molecule has 0 fully saturated rings.